The number of hydrogen-bond donors (Lipinski definition) is 1. The van der Waals surface area contributed by atoms with Crippen molar-refractivity contribution in [2.45, 2.75) is 44.7 Å². The fourth-order valence-electron chi connectivity index (χ4n) is 6.44. The Bertz CT molecular complexity index is 1880. The molecule has 9 nitrogen and oxygen atoms in total. The smallest absolute Gasteiger partial charge is 0.287 e. The first kappa shape index (κ1) is 29.9. The topological polar surface area (TPSA) is 101 Å². The Hall–Kier alpha value is -4.76. The molecule has 1 N–H and O–H groups in total. The molecule has 1 atom stereocenters. The van der Waals surface area contributed by atoms with Crippen LogP contribution in [0.1, 0.15) is 47.4 Å². The van der Waals surface area contributed by atoms with E-state index in [9.17, 15) is 14.4 Å². The van der Waals surface area contributed by atoms with Crippen LogP contribution in [0.25, 0.3) is 11.0 Å². The first-order chi connectivity index (χ1) is 22.4. The molecule has 46 heavy (non-hydrogen) atoms. The van der Waals surface area contributed by atoms with Gasteiger partial charge < -0.3 is 29.0 Å². The third kappa shape index (κ3) is 6.46. The highest BCUT2D eigenvalue weighted by Gasteiger charge is 2.25. The number of rotatable bonds is 8. The summed E-state index contributed by atoms with van der Waals surface area (Å²) >= 11 is 6.13. The second-order valence-electron chi connectivity index (χ2n) is 11.9. The number of fused-ring (bicyclic) bond motifs is 2. The summed E-state index contributed by atoms with van der Waals surface area (Å²) in [6.45, 7) is 3.17. The van der Waals surface area contributed by atoms with Crippen LogP contribution in [-0.2, 0) is 17.8 Å². The number of benzene rings is 3. The summed E-state index contributed by atoms with van der Waals surface area (Å²) in [5.74, 6) is 0.622. The minimum atomic E-state index is -0.477. The minimum Gasteiger partial charge on any atom is -0.454 e. The number of piperidine rings is 1. The Morgan fingerprint density at radius 2 is 1.70 bits per heavy atom. The van der Waals surface area contributed by atoms with Crippen LogP contribution in [0.3, 0.4) is 0 Å². The number of para-hydroxylation sites is 1. The first-order valence-corrected chi connectivity index (χ1v) is 16.0. The lowest BCUT2D eigenvalue weighted by Gasteiger charge is -2.33. The normalized spacial score (nSPS) is 16.6. The van der Waals surface area contributed by atoms with Gasteiger partial charge in [-0.1, -0.05) is 53.6 Å². The molecule has 10 heteroatoms. The van der Waals surface area contributed by atoms with Crippen LogP contribution in [0.4, 0.5) is 5.69 Å². The van der Waals surface area contributed by atoms with E-state index in [4.69, 9.17) is 25.5 Å². The molecule has 3 aliphatic rings. The van der Waals surface area contributed by atoms with E-state index in [2.05, 4.69) is 28.4 Å². The highest BCUT2D eigenvalue weighted by molar-refractivity contribution is 6.30. The Morgan fingerprint density at radius 3 is 2.46 bits per heavy atom. The van der Waals surface area contributed by atoms with Gasteiger partial charge in [0.25, 0.3) is 5.91 Å². The SMILES string of the molecule is O=C(N[C@H](C=C1CCN(c2ccccc2CN2CCCC2=O)CC1)Cc1ccc(Cl)cc1)c1cc(=O)c2cc3c(cc2o1)OCO3. The van der Waals surface area contributed by atoms with Crippen LogP contribution in [0, 0.1) is 0 Å². The highest BCUT2D eigenvalue weighted by atomic mass is 35.5. The molecule has 4 aromatic rings. The number of carbonyl (C=O) groups excluding carboxylic acids is 2. The number of likely N-dealkylation sites (tertiary alicyclic amines) is 1. The number of nitrogens with one attached hydrogen (secondary N) is 1. The maximum Gasteiger partial charge on any atom is 0.287 e. The van der Waals surface area contributed by atoms with Crippen molar-refractivity contribution in [2.24, 2.45) is 0 Å². The molecule has 2 fully saturated rings. The van der Waals surface area contributed by atoms with Gasteiger partial charge in [-0.2, -0.15) is 0 Å². The molecule has 7 rings (SSSR count). The van der Waals surface area contributed by atoms with Gasteiger partial charge in [-0.15, -0.1) is 0 Å². The van der Waals surface area contributed by atoms with Gasteiger partial charge in [0.1, 0.15) is 5.58 Å². The van der Waals surface area contributed by atoms with Gasteiger partial charge in [0, 0.05) is 55.4 Å². The van der Waals surface area contributed by atoms with Crippen LogP contribution < -0.4 is 25.1 Å². The van der Waals surface area contributed by atoms with E-state index in [-0.39, 0.29) is 35.5 Å². The van der Waals surface area contributed by atoms with Crippen molar-refractivity contribution in [1.29, 1.82) is 0 Å². The summed E-state index contributed by atoms with van der Waals surface area (Å²) in [6.07, 6.45) is 5.90. The molecule has 3 aliphatic heterocycles. The molecule has 1 aromatic heterocycles. The van der Waals surface area contributed by atoms with Crippen LogP contribution >= 0.6 is 11.6 Å². The van der Waals surface area contributed by atoms with E-state index in [1.807, 2.05) is 41.3 Å². The Kier molecular flexibility index (Phi) is 8.41. The average Bonchev–Trinajstić information content (AvgIpc) is 3.69. The van der Waals surface area contributed by atoms with Crippen molar-refractivity contribution >= 4 is 40.1 Å². The summed E-state index contributed by atoms with van der Waals surface area (Å²) in [6, 6.07) is 19.9. The van der Waals surface area contributed by atoms with E-state index >= 15 is 0 Å². The largest absolute Gasteiger partial charge is 0.454 e. The highest BCUT2D eigenvalue weighted by Crippen LogP contribution is 2.35. The quantitative estimate of drug-likeness (QED) is 0.241. The first-order valence-electron chi connectivity index (χ1n) is 15.6. The van der Waals surface area contributed by atoms with Crippen molar-refractivity contribution < 1.29 is 23.5 Å². The molecular weight excluding hydrogens is 606 g/mol. The van der Waals surface area contributed by atoms with Crippen molar-refractivity contribution in [3.63, 3.8) is 0 Å². The van der Waals surface area contributed by atoms with E-state index in [1.165, 1.54) is 22.9 Å². The number of amides is 2. The Labute approximate surface area is 271 Å². The average molecular weight is 640 g/mol. The van der Waals surface area contributed by atoms with Crippen LogP contribution in [-0.4, -0.2) is 49.2 Å². The molecule has 0 aliphatic carbocycles. The predicted molar refractivity (Wildman–Crippen MR) is 176 cm³/mol. The lowest BCUT2D eigenvalue weighted by Crippen LogP contribution is -2.37. The summed E-state index contributed by atoms with van der Waals surface area (Å²) in [7, 11) is 0. The molecule has 4 heterocycles. The minimum absolute atomic E-state index is 0.0676. The molecule has 0 spiro atoms. The Balaban J connectivity index is 1.09. The van der Waals surface area contributed by atoms with Crippen LogP contribution in [0.5, 0.6) is 11.5 Å². The van der Waals surface area contributed by atoms with Crippen molar-refractivity contribution in [2.75, 3.05) is 31.3 Å². The van der Waals surface area contributed by atoms with Gasteiger partial charge in [0.2, 0.25) is 12.7 Å². The molecule has 2 amide bonds. The third-order valence-electron chi connectivity index (χ3n) is 8.84. The maximum atomic E-state index is 13.5. The van der Waals surface area contributed by atoms with Gasteiger partial charge in [-0.25, -0.2) is 0 Å². The molecule has 0 saturated carbocycles. The lowest BCUT2D eigenvalue weighted by atomic mass is 9.97. The van der Waals surface area contributed by atoms with Gasteiger partial charge in [-0.3, -0.25) is 14.4 Å². The zero-order valence-electron chi connectivity index (χ0n) is 25.3. The zero-order chi connectivity index (χ0) is 31.6. The van der Waals surface area contributed by atoms with Gasteiger partial charge in [0.15, 0.2) is 22.7 Å². The molecule has 0 radical (unpaired) electrons. The molecule has 0 bridgehead atoms. The van der Waals surface area contributed by atoms with Crippen LogP contribution in [0.15, 0.2) is 87.6 Å². The molecule has 3 aromatic carbocycles. The third-order valence-corrected chi connectivity index (χ3v) is 9.09. The fraction of sp³-hybridized carbons (Fsp3) is 0.306. The standard InChI is InChI=1S/C36H34ClN3O6/c37-26-9-7-23(8-10-26)16-27(38-36(43)34-19-30(41)28-18-32-33(45-22-44-32)20-31(28)46-34)17-24-11-14-39(15-12-24)29-5-2-1-4-25(29)21-40-13-3-6-35(40)42/h1-2,4-5,7-10,17-20,27H,3,6,11-16,21-22H2,(H,38,43)/t27-/m0/s1. The van der Waals surface area contributed by atoms with Gasteiger partial charge in [-0.05, 0) is 61.1 Å². The number of halogens is 1. The molecule has 0 unspecified atom stereocenters. The monoisotopic (exact) mass is 639 g/mol. The molecule has 2 saturated heterocycles. The van der Waals surface area contributed by atoms with Crippen LogP contribution in [0.2, 0.25) is 5.02 Å². The summed E-state index contributed by atoms with van der Waals surface area (Å²) in [5, 5.41) is 4.06. The van der Waals surface area contributed by atoms with Crippen molar-refractivity contribution in [1.82, 2.24) is 10.2 Å². The van der Waals surface area contributed by atoms with Crippen molar-refractivity contribution in [3.05, 3.63) is 111 Å². The van der Waals surface area contributed by atoms with Gasteiger partial charge in [0.05, 0.1) is 11.4 Å². The second kappa shape index (κ2) is 12.9. The zero-order valence-corrected chi connectivity index (χ0v) is 26.1. The number of nitrogens with zero attached hydrogens (tertiary/aromatic N) is 2. The Morgan fingerprint density at radius 1 is 0.935 bits per heavy atom. The van der Waals surface area contributed by atoms with E-state index in [1.54, 1.807) is 12.1 Å². The van der Waals surface area contributed by atoms with E-state index < -0.39 is 5.91 Å². The number of carbonyl (C=O) groups is 2. The van der Waals surface area contributed by atoms with Crippen molar-refractivity contribution in [3.8, 4) is 11.5 Å². The summed E-state index contributed by atoms with van der Waals surface area (Å²) < 4.78 is 16.7. The van der Waals surface area contributed by atoms with E-state index in [0.29, 0.717) is 41.3 Å². The predicted octanol–water partition coefficient (Wildman–Crippen LogP) is 5.87. The number of ether oxygens (including phenoxy) is 2. The lowest BCUT2D eigenvalue weighted by molar-refractivity contribution is -0.128. The second-order valence-corrected chi connectivity index (χ2v) is 12.4. The van der Waals surface area contributed by atoms with E-state index in [0.717, 1.165) is 44.5 Å². The maximum absolute atomic E-state index is 13.5. The summed E-state index contributed by atoms with van der Waals surface area (Å²) in [4.78, 5) is 43.1. The number of hydrogen-bond acceptors (Lipinski definition) is 7. The molecule has 236 valence electrons. The fourth-order valence-corrected chi connectivity index (χ4v) is 6.56. The number of anilines is 1. The molecular formula is C36H34ClN3O6. The summed E-state index contributed by atoms with van der Waals surface area (Å²) in [5.41, 5.74) is 4.52. The van der Waals surface area contributed by atoms with Gasteiger partial charge >= 0.3 is 0 Å².